The molecule has 0 unspecified atom stereocenters. The van der Waals surface area contributed by atoms with E-state index >= 15 is 0 Å². The molecule has 3 rings (SSSR count). The van der Waals surface area contributed by atoms with Gasteiger partial charge in [0.15, 0.2) is 0 Å². The van der Waals surface area contributed by atoms with Crippen molar-refractivity contribution in [1.82, 2.24) is 5.32 Å². The van der Waals surface area contributed by atoms with Crippen LogP contribution in [0.5, 0.6) is 0 Å². The number of amides is 1. The van der Waals surface area contributed by atoms with Crippen molar-refractivity contribution in [3.05, 3.63) is 27.5 Å². The molecule has 4 nitrogen and oxygen atoms in total. The van der Waals surface area contributed by atoms with Gasteiger partial charge >= 0.3 is 0 Å². The molecule has 1 fully saturated rings. The van der Waals surface area contributed by atoms with Gasteiger partial charge in [0, 0.05) is 33.8 Å². The summed E-state index contributed by atoms with van der Waals surface area (Å²) in [5.41, 5.74) is 6.68. The Hall–Kier alpha value is -1.11. The van der Waals surface area contributed by atoms with E-state index in [9.17, 15) is 4.79 Å². The first-order valence-corrected chi connectivity index (χ1v) is 8.12. The number of nitrogens with one attached hydrogen (secondary N) is 1. The lowest BCUT2D eigenvalue weighted by molar-refractivity contribution is 0.0699. The third-order valence-corrected chi connectivity index (χ3v) is 5.11. The molecular formula is C14H15BrN2O2S. The van der Waals surface area contributed by atoms with Crippen LogP contribution in [0.2, 0.25) is 0 Å². The quantitative estimate of drug-likeness (QED) is 0.870. The summed E-state index contributed by atoms with van der Waals surface area (Å²) in [5, 5.41) is 3.99. The standard InChI is InChI=1S/C14H15BrN2O2S/c15-8-1-2-10-11(7-8)20-13(12(10)16)14(18)17-9-3-5-19-6-4-9/h1-2,7,9H,3-6,16H2,(H,17,18). The van der Waals surface area contributed by atoms with Crippen LogP contribution in [0.1, 0.15) is 22.5 Å². The molecule has 1 aliphatic heterocycles. The first-order valence-electron chi connectivity index (χ1n) is 6.51. The van der Waals surface area contributed by atoms with Crippen molar-refractivity contribution in [1.29, 1.82) is 0 Å². The molecule has 0 bridgehead atoms. The van der Waals surface area contributed by atoms with E-state index in [1.165, 1.54) is 11.3 Å². The molecule has 1 aromatic heterocycles. The number of thiophene rings is 1. The molecule has 0 aliphatic carbocycles. The van der Waals surface area contributed by atoms with E-state index < -0.39 is 0 Å². The summed E-state index contributed by atoms with van der Waals surface area (Å²) in [7, 11) is 0. The summed E-state index contributed by atoms with van der Waals surface area (Å²) in [6, 6.07) is 6.05. The van der Waals surface area contributed by atoms with Crippen molar-refractivity contribution in [2.75, 3.05) is 18.9 Å². The predicted octanol–water partition coefficient (Wildman–Crippen LogP) is 3.15. The van der Waals surface area contributed by atoms with Crippen molar-refractivity contribution >= 4 is 48.9 Å². The number of ether oxygens (including phenoxy) is 1. The minimum absolute atomic E-state index is 0.0771. The number of carbonyl (C=O) groups is 1. The van der Waals surface area contributed by atoms with Crippen LogP contribution in [0.25, 0.3) is 10.1 Å². The van der Waals surface area contributed by atoms with E-state index in [-0.39, 0.29) is 11.9 Å². The molecule has 0 saturated carbocycles. The fraction of sp³-hybridized carbons (Fsp3) is 0.357. The summed E-state index contributed by atoms with van der Waals surface area (Å²) >= 11 is 4.87. The molecular weight excluding hydrogens is 340 g/mol. The van der Waals surface area contributed by atoms with Crippen LogP contribution >= 0.6 is 27.3 Å². The molecule has 3 N–H and O–H groups in total. The molecule has 2 heterocycles. The van der Waals surface area contributed by atoms with Gasteiger partial charge in [-0.05, 0) is 25.0 Å². The van der Waals surface area contributed by atoms with E-state index in [0.29, 0.717) is 23.8 Å². The summed E-state index contributed by atoms with van der Waals surface area (Å²) in [5.74, 6) is -0.0771. The zero-order valence-electron chi connectivity index (χ0n) is 10.8. The lowest BCUT2D eigenvalue weighted by Gasteiger charge is -2.22. The molecule has 1 aliphatic rings. The van der Waals surface area contributed by atoms with Crippen molar-refractivity contribution in [2.24, 2.45) is 0 Å². The molecule has 0 spiro atoms. The van der Waals surface area contributed by atoms with Crippen LogP contribution in [-0.2, 0) is 4.74 Å². The van der Waals surface area contributed by atoms with E-state index in [0.717, 1.165) is 27.4 Å². The third-order valence-electron chi connectivity index (χ3n) is 3.45. The summed E-state index contributed by atoms with van der Waals surface area (Å²) in [4.78, 5) is 13.0. The van der Waals surface area contributed by atoms with Crippen LogP contribution in [0.3, 0.4) is 0 Å². The molecule has 2 aromatic rings. The highest BCUT2D eigenvalue weighted by Crippen LogP contribution is 2.35. The van der Waals surface area contributed by atoms with E-state index in [1.807, 2.05) is 18.2 Å². The van der Waals surface area contributed by atoms with Gasteiger partial charge in [0.05, 0.1) is 5.69 Å². The molecule has 6 heteroatoms. The highest BCUT2D eigenvalue weighted by molar-refractivity contribution is 9.10. The molecule has 0 atom stereocenters. The SMILES string of the molecule is Nc1c(C(=O)NC2CCOCC2)sc2cc(Br)ccc12. The molecule has 1 saturated heterocycles. The second-order valence-corrected chi connectivity index (χ2v) is 6.81. The van der Waals surface area contributed by atoms with Gasteiger partial charge in [0.1, 0.15) is 4.88 Å². The Bertz CT molecular complexity index is 650. The van der Waals surface area contributed by atoms with Gasteiger partial charge in [-0.15, -0.1) is 11.3 Å². The first kappa shape index (κ1) is 13.9. The first-order chi connectivity index (χ1) is 9.65. The number of hydrogen-bond acceptors (Lipinski definition) is 4. The third kappa shape index (κ3) is 2.68. The van der Waals surface area contributed by atoms with E-state index in [1.54, 1.807) is 0 Å². The Morgan fingerprint density at radius 3 is 2.90 bits per heavy atom. The van der Waals surface area contributed by atoms with Gasteiger partial charge in [0.25, 0.3) is 5.91 Å². The smallest absolute Gasteiger partial charge is 0.263 e. The summed E-state index contributed by atoms with van der Waals surface area (Å²) in [6.07, 6.45) is 1.73. The maximum Gasteiger partial charge on any atom is 0.263 e. The highest BCUT2D eigenvalue weighted by Gasteiger charge is 2.21. The number of hydrogen-bond donors (Lipinski definition) is 2. The number of benzene rings is 1. The zero-order chi connectivity index (χ0) is 14.1. The molecule has 106 valence electrons. The van der Waals surface area contributed by atoms with E-state index in [4.69, 9.17) is 10.5 Å². The topological polar surface area (TPSA) is 64.4 Å². The molecule has 20 heavy (non-hydrogen) atoms. The van der Waals surface area contributed by atoms with Gasteiger partial charge in [-0.1, -0.05) is 22.0 Å². The van der Waals surface area contributed by atoms with Crippen molar-refractivity contribution in [3.63, 3.8) is 0 Å². The van der Waals surface area contributed by atoms with Crippen LogP contribution < -0.4 is 11.1 Å². The van der Waals surface area contributed by atoms with Crippen molar-refractivity contribution in [3.8, 4) is 0 Å². The largest absolute Gasteiger partial charge is 0.397 e. The minimum Gasteiger partial charge on any atom is -0.397 e. The number of rotatable bonds is 2. The zero-order valence-corrected chi connectivity index (χ0v) is 13.2. The monoisotopic (exact) mass is 354 g/mol. The molecule has 0 radical (unpaired) electrons. The van der Waals surface area contributed by atoms with Crippen LogP contribution in [0.4, 0.5) is 5.69 Å². The average molecular weight is 355 g/mol. The Morgan fingerprint density at radius 2 is 2.15 bits per heavy atom. The second-order valence-electron chi connectivity index (χ2n) is 4.85. The normalized spacial score (nSPS) is 16.4. The number of halogens is 1. The van der Waals surface area contributed by atoms with Crippen LogP contribution in [0.15, 0.2) is 22.7 Å². The maximum absolute atomic E-state index is 12.4. The van der Waals surface area contributed by atoms with Gasteiger partial charge in [-0.3, -0.25) is 4.79 Å². The Labute approximate surface area is 129 Å². The minimum atomic E-state index is -0.0771. The van der Waals surface area contributed by atoms with Gasteiger partial charge in [-0.2, -0.15) is 0 Å². The fourth-order valence-corrected chi connectivity index (χ4v) is 3.93. The number of carbonyl (C=O) groups excluding carboxylic acids is 1. The summed E-state index contributed by atoms with van der Waals surface area (Å²) in [6.45, 7) is 1.42. The van der Waals surface area contributed by atoms with Crippen LogP contribution in [-0.4, -0.2) is 25.2 Å². The van der Waals surface area contributed by atoms with Gasteiger partial charge in [-0.25, -0.2) is 0 Å². The number of anilines is 1. The summed E-state index contributed by atoms with van der Waals surface area (Å²) < 4.78 is 7.30. The van der Waals surface area contributed by atoms with E-state index in [2.05, 4.69) is 21.2 Å². The highest BCUT2D eigenvalue weighted by atomic mass is 79.9. The lowest BCUT2D eigenvalue weighted by Crippen LogP contribution is -2.38. The number of fused-ring (bicyclic) bond motifs is 1. The molecule has 1 aromatic carbocycles. The Morgan fingerprint density at radius 1 is 1.40 bits per heavy atom. The molecule has 1 amide bonds. The Balaban J connectivity index is 1.85. The fourth-order valence-electron chi connectivity index (χ4n) is 2.35. The number of nitrogen functional groups attached to an aromatic ring is 1. The van der Waals surface area contributed by atoms with Crippen LogP contribution in [0, 0.1) is 0 Å². The Kier molecular flexibility index (Phi) is 3.96. The predicted molar refractivity (Wildman–Crippen MR) is 85.2 cm³/mol. The lowest BCUT2D eigenvalue weighted by atomic mass is 10.1. The van der Waals surface area contributed by atoms with Crippen molar-refractivity contribution < 1.29 is 9.53 Å². The number of nitrogens with two attached hydrogens (primary N) is 1. The maximum atomic E-state index is 12.4. The second kappa shape index (κ2) is 5.71. The van der Waals surface area contributed by atoms with Crippen molar-refractivity contribution in [2.45, 2.75) is 18.9 Å². The van der Waals surface area contributed by atoms with Gasteiger partial charge < -0.3 is 15.8 Å². The average Bonchev–Trinajstić information content (AvgIpc) is 2.76. The van der Waals surface area contributed by atoms with Gasteiger partial charge in [0.2, 0.25) is 0 Å².